The fraction of sp³-hybridized carbons (Fsp3) is 0.360. The van der Waals surface area contributed by atoms with Crippen molar-refractivity contribution in [2.75, 3.05) is 18.0 Å². The Morgan fingerprint density at radius 3 is 2.42 bits per heavy atom. The highest BCUT2D eigenvalue weighted by Gasteiger charge is 2.23. The first-order valence-electron chi connectivity index (χ1n) is 11.3. The maximum atomic E-state index is 13.5. The van der Waals surface area contributed by atoms with Crippen molar-refractivity contribution in [3.63, 3.8) is 0 Å². The number of hydrogen-bond donors (Lipinski definition) is 1. The van der Waals surface area contributed by atoms with Gasteiger partial charge in [0.25, 0.3) is 5.91 Å². The second-order valence-corrected chi connectivity index (χ2v) is 9.22. The molecule has 7 nitrogen and oxygen atoms in total. The lowest BCUT2D eigenvalue weighted by atomic mass is 10.0. The molecule has 3 aromatic rings. The highest BCUT2D eigenvalue weighted by atomic mass is 32.1. The minimum absolute atomic E-state index is 0.0924. The van der Waals surface area contributed by atoms with E-state index in [0.717, 1.165) is 54.9 Å². The van der Waals surface area contributed by atoms with Crippen molar-refractivity contribution < 1.29 is 14.7 Å². The second-order valence-electron chi connectivity index (χ2n) is 8.25. The van der Waals surface area contributed by atoms with Crippen LogP contribution < -0.4 is 4.90 Å². The predicted molar refractivity (Wildman–Crippen MR) is 129 cm³/mol. The number of hydrogen-bond acceptors (Lipinski definition) is 6. The lowest BCUT2D eigenvalue weighted by Gasteiger charge is -2.29. The Hall–Kier alpha value is -3.10. The van der Waals surface area contributed by atoms with Crippen LogP contribution in [-0.2, 0) is 13.1 Å². The van der Waals surface area contributed by atoms with Gasteiger partial charge in [0, 0.05) is 48.3 Å². The van der Waals surface area contributed by atoms with E-state index in [-0.39, 0.29) is 11.5 Å². The van der Waals surface area contributed by atoms with Gasteiger partial charge in [0.15, 0.2) is 0 Å². The van der Waals surface area contributed by atoms with Crippen molar-refractivity contribution >= 4 is 28.9 Å². The molecule has 4 rings (SSSR count). The summed E-state index contributed by atoms with van der Waals surface area (Å²) < 4.78 is 0. The van der Waals surface area contributed by atoms with Crippen LogP contribution in [0.3, 0.4) is 0 Å². The molecule has 0 unspecified atom stereocenters. The van der Waals surface area contributed by atoms with Crippen LogP contribution in [0.2, 0.25) is 0 Å². The van der Waals surface area contributed by atoms with Crippen LogP contribution in [0.4, 0.5) is 5.69 Å². The zero-order chi connectivity index (χ0) is 23.0. The van der Waals surface area contributed by atoms with Gasteiger partial charge in [0.05, 0.1) is 12.1 Å². The summed E-state index contributed by atoms with van der Waals surface area (Å²) >= 11 is 1.62. The Kier molecular flexibility index (Phi) is 7.80. The number of carboxylic acid groups (broad SMARTS) is 1. The maximum Gasteiger partial charge on any atom is 0.335 e. The van der Waals surface area contributed by atoms with Gasteiger partial charge in [-0.15, -0.1) is 11.3 Å². The van der Waals surface area contributed by atoms with E-state index >= 15 is 0 Å². The molecule has 2 aromatic heterocycles. The molecule has 0 fully saturated rings. The predicted octanol–water partition coefficient (Wildman–Crippen LogP) is 4.85. The molecule has 1 aromatic carbocycles. The van der Waals surface area contributed by atoms with Gasteiger partial charge in [-0.1, -0.05) is 19.3 Å². The Bertz CT molecular complexity index is 1070. The number of aromatic carboxylic acids is 1. The fourth-order valence-corrected chi connectivity index (χ4v) is 4.86. The number of aromatic nitrogens is 2. The van der Waals surface area contributed by atoms with Gasteiger partial charge < -0.3 is 10.0 Å². The SMILES string of the molecule is O=C(O)c1ccc2c(c1)CN(Cc1nccs1)CCCCCCCN2C(=O)c1ccncc1. The van der Waals surface area contributed by atoms with E-state index in [0.29, 0.717) is 25.2 Å². The highest BCUT2D eigenvalue weighted by Crippen LogP contribution is 2.28. The van der Waals surface area contributed by atoms with Crippen molar-refractivity contribution in [3.8, 4) is 0 Å². The summed E-state index contributed by atoms with van der Waals surface area (Å²) in [4.78, 5) is 37.8. The number of pyridine rings is 1. The Morgan fingerprint density at radius 2 is 1.70 bits per heavy atom. The first-order chi connectivity index (χ1) is 16.1. The van der Waals surface area contributed by atoms with E-state index in [9.17, 15) is 14.7 Å². The fourth-order valence-electron chi connectivity index (χ4n) is 4.20. The number of carboxylic acids is 1. The zero-order valence-electron chi connectivity index (χ0n) is 18.5. The summed E-state index contributed by atoms with van der Waals surface area (Å²) in [6.07, 6.45) is 10.3. The average molecular weight is 465 g/mol. The summed E-state index contributed by atoms with van der Waals surface area (Å²) in [5.41, 5.74) is 2.41. The number of thiazole rings is 1. The maximum absolute atomic E-state index is 13.5. The number of nitrogens with zero attached hydrogens (tertiary/aromatic N) is 4. The summed E-state index contributed by atoms with van der Waals surface area (Å²) in [5, 5.41) is 12.6. The van der Waals surface area contributed by atoms with Crippen LogP contribution in [0.5, 0.6) is 0 Å². The molecule has 1 amide bonds. The van der Waals surface area contributed by atoms with E-state index in [1.807, 2.05) is 11.6 Å². The molecule has 0 aliphatic carbocycles. The second kappa shape index (κ2) is 11.2. The van der Waals surface area contributed by atoms with E-state index < -0.39 is 5.97 Å². The number of fused-ring (bicyclic) bond motifs is 1. The van der Waals surface area contributed by atoms with Gasteiger partial charge >= 0.3 is 5.97 Å². The third-order valence-corrected chi connectivity index (χ3v) is 6.65. The van der Waals surface area contributed by atoms with E-state index in [1.165, 1.54) is 0 Å². The average Bonchev–Trinajstić information content (AvgIpc) is 3.33. The van der Waals surface area contributed by atoms with Crippen LogP contribution in [0.15, 0.2) is 54.3 Å². The number of carbonyl (C=O) groups excluding carboxylic acids is 1. The zero-order valence-corrected chi connectivity index (χ0v) is 19.3. The smallest absolute Gasteiger partial charge is 0.335 e. The van der Waals surface area contributed by atoms with Crippen molar-refractivity contribution in [3.05, 3.63) is 76.0 Å². The minimum atomic E-state index is -0.970. The molecule has 0 atom stereocenters. The van der Waals surface area contributed by atoms with Gasteiger partial charge in [-0.3, -0.25) is 14.7 Å². The first kappa shape index (κ1) is 23.1. The lowest BCUT2D eigenvalue weighted by molar-refractivity contribution is 0.0696. The van der Waals surface area contributed by atoms with Crippen molar-refractivity contribution in [1.82, 2.24) is 14.9 Å². The van der Waals surface area contributed by atoms with Gasteiger partial charge in [-0.25, -0.2) is 9.78 Å². The third kappa shape index (κ3) is 6.03. The van der Waals surface area contributed by atoms with Gasteiger partial charge in [0.1, 0.15) is 5.01 Å². The Labute approximate surface area is 197 Å². The minimum Gasteiger partial charge on any atom is -0.478 e. The molecule has 3 heterocycles. The standard InChI is InChI=1S/C25H28N4O3S/c30-24(19-8-10-26-11-9-19)29-14-5-3-1-2-4-13-28(18-23-27-12-15-33-23)17-21-16-20(25(31)32)6-7-22(21)29/h6-12,15-16H,1-5,13-14,17-18H2,(H,31,32). The highest BCUT2D eigenvalue weighted by molar-refractivity contribution is 7.09. The molecule has 1 N–H and O–H groups in total. The normalized spacial score (nSPS) is 15.8. The molecular weight excluding hydrogens is 436 g/mol. The Balaban J connectivity index is 1.73. The molecule has 172 valence electrons. The monoisotopic (exact) mass is 464 g/mol. The molecule has 33 heavy (non-hydrogen) atoms. The number of amides is 1. The van der Waals surface area contributed by atoms with Crippen LogP contribution >= 0.6 is 11.3 Å². The Morgan fingerprint density at radius 1 is 0.939 bits per heavy atom. The molecule has 0 radical (unpaired) electrons. The first-order valence-corrected chi connectivity index (χ1v) is 12.2. The van der Waals surface area contributed by atoms with E-state index in [2.05, 4.69) is 14.9 Å². The third-order valence-electron chi connectivity index (χ3n) is 5.88. The van der Waals surface area contributed by atoms with Crippen LogP contribution in [0.1, 0.15) is 63.4 Å². The van der Waals surface area contributed by atoms with Crippen LogP contribution in [0.25, 0.3) is 0 Å². The van der Waals surface area contributed by atoms with Gasteiger partial charge in [0.2, 0.25) is 0 Å². The van der Waals surface area contributed by atoms with E-state index in [4.69, 9.17) is 0 Å². The molecular formula is C25H28N4O3S. The van der Waals surface area contributed by atoms with Crippen molar-refractivity contribution in [2.24, 2.45) is 0 Å². The summed E-state index contributed by atoms with van der Waals surface area (Å²) in [5.74, 6) is -1.06. The van der Waals surface area contributed by atoms with Gasteiger partial charge in [-0.05, 0) is 55.3 Å². The number of anilines is 1. The molecule has 0 saturated heterocycles. The van der Waals surface area contributed by atoms with Crippen molar-refractivity contribution in [1.29, 1.82) is 0 Å². The summed E-state index contributed by atoms with van der Waals surface area (Å²) in [6.45, 7) is 2.74. The van der Waals surface area contributed by atoms with Crippen molar-refractivity contribution in [2.45, 2.75) is 45.2 Å². The molecule has 0 spiro atoms. The van der Waals surface area contributed by atoms with Crippen LogP contribution in [-0.4, -0.2) is 44.9 Å². The number of rotatable bonds is 4. The molecule has 1 aliphatic heterocycles. The lowest BCUT2D eigenvalue weighted by Crippen LogP contribution is -2.34. The quantitative estimate of drug-likeness (QED) is 0.594. The molecule has 1 aliphatic rings. The van der Waals surface area contributed by atoms with Gasteiger partial charge in [-0.2, -0.15) is 0 Å². The van der Waals surface area contributed by atoms with E-state index in [1.54, 1.807) is 59.0 Å². The largest absolute Gasteiger partial charge is 0.478 e. The molecule has 0 saturated carbocycles. The summed E-state index contributed by atoms with van der Waals surface area (Å²) in [7, 11) is 0. The number of benzene rings is 1. The molecule has 8 heteroatoms. The topological polar surface area (TPSA) is 86.6 Å². The molecule has 0 bridgehead atoms. The summed E-state index contributed by atoms with van der Waals surface area (Å²) in [6, 6.07) is 8.53. The van der Waals surface area contributed by atoms with Crippen LogP contribution in [0, 0.1) is 0 Å². The number of carbonyl (C=O) groups is 2.